The average Bonchev–Trinajstić information content (AvgIpc) is 3.15. The lowest BCUT2D eigenvalue weighted by atomic mass is 10.2. The highest BCUT2D eigenvalue weighted by Crippen LogP contribution is 2.27. The lowest BCUT2D eigenvalue weighted by Gasteiger charge is -2.10. The molecule has 0 spiro atoms. The van der Waals surface area contributed by atoms with Crippen molar-refractivity contribution in [2.45, 2.75) is 11.6 Å². The number of aromatic nitrogens is 3. The molecule has 0 aliphatic rings. The van der Waals surface area contributed by atoms with E-state index in [4.69, 9.17) is 4.42 Å². The Morgan fingerprint density at radius 1 is 1.40 bits per heavy atom. The van der Waals surface area contributed by atoms with Gasteiger partial charge in [-0.15, -0.1) is 0 Å². The molecule has 3 rings (SSSR count). The summed E-state index contributed by atoms with van der Waals surface area (Å²) in [6.07, 6.45) is 4.42. The number of hydrogen-bond acceptors (Lipinski definition) is 8. The number of rotatable bonds is 5. The molecule has 8 nitrogen and oxygen atoms in total. The summed E-state index contributed by atoms with van der Waals surface area (Å²) in [6.45, 7) is -0.132. The van der Waals surface area contributed by atoms with Gasteiger partial charge < -0.3 is 14.8 Å². The van der Waals surface area contributed by atoms with E-state index >= 15 is 0 Å². The van der Waals surface area contributed by atoms with Gasteiger partial charge in [-0.25, -0.2) is 15.0 Å². The third-order valence-electron chi connectivity index (χ3n) is 3.26. The first-order valence-electron chi connectivity index (χ1n) is 7.14. The van der Waals surface area contributed by atoms with Crippen molar-refractivity contribution in [1.29, 1.82) is 5.26 Å². The number of aliphatic hydroxyl groups is 1. The molecule has 0 amide bonds. The van der Waals surface area contributed by atoms with Crippen LogP contribution < -0.4 is 5.32 Å². The predicted molar refractivity (Wildman–Crippen MR) is 90.2 cm³/mol. The first kappa shape index (κ1) is 16.8. The van der Waals surface area contributed by atoms with E-state index in [2.05, 4.69) is 20.3 Å². The molecule has 0 aromatic carbocycles. The summed E-state index contributed by atoms with van der Waals surface area (Å²) < 4.78 is 17.3. The Morgan fingerprint density at radius 3 is 2.88 bits per heavy atom. The van der Waals surface area contributed by atoms with Crippen LogP contribution in [0.15, 0.2) is 46.2 Å². The van der Waals surface area contributed by atoms with Crippen LogP contribution in [-0.4, -0.2) is 30.5 Å². The predicted octanol–water partition coefficient (Wildman–Crippen LogP) is 1.98. The Balaban J connectivity index is 2.11. The minimum atomic E-state index is -1.50. The van der Waals surface area contributed by atoms with Crippen molar-refractivity contribution in [2.24, 2.45) is 0 Å². The van der Waals surface area contributed by atoms with E-state index in [1.807, 2.05) is 6.07 Å². The number of nitriles is 1. The molecule has 3 heterocycles. The highest BCUT2D eigenvalue weighted by atomic mass is 32.2. The summed E-state index contributed by atoms with van der Waals surface area (Å²) >= 11 is 0. The van der Waals surface area contributed by atoms with Gasteiger partial charge in [-0.3, -0.25) is 4.21 Å². The molecule has 1 unspecified atom stereocenters. The number of hydrogen-bond donors (Lipinski definition) is 2. The van der Waals surface area contributed by atoms with E-state index in [1.54, 1.807) is 24.3 Å². The van der Waals surface area contributed by atoms with E-state index < -0.39 is 10.8 Å². The molecule has 0 aliphatic carbocycles. The molecule has 0 bridgehead atoms. The molecule has 0 aliphatic heterocycles. The van der Waals surface area contributed by atoms with E-state index in [9.17, 15) is 14.6 Å². The van der Waals surface area contributed by atoms with Gasteiger partial charge in [-0.2, -0.15) is 5.26 Å². The van der Waals surface area contributed by atoms with Crippen molar-refractivity contribution in [3.8, 4) is 17.5 Å². The number of aliphatic hydroxyl groups excluding tert-OH is 1. The smallest absolute Gasteiger partial charge is 0.230 e. The number of nitrogens with one attached hydrogen (secondary N) is 1. The minimum absolute atomic E-state index is 0.0957. The lowest BCUT2D eigenvalue weighted by Crippen LogP contribution is -2.07. The van der Waals surface area contributed by atoms with Gasteiger partial charge in [0, 0.05) is 12.5 Å². The van der Waals surface area contributed by atoms with Crippen LogP contribution in [0.2, 0.25) is 0 Å². The third-order valence-corrected chi connectivity index (χ3v) is 4.10. The summed E-state index contributed by atoms with van der Waals surface area (Å²) in [4.78, 5) is 12.6. The Bertz CT molecular complexity index is 966. The number of anilines is 2. The molecule has 3 aromatic heterocycles. The van der Waals surface area contributed by atoms with Crippen molar-refractivity contribution in [1.82, 2.24) is 15.0 Å². The second kappa shape index (κ2) is 7.21. The van der Waals surface area contributed by atoms with Gasteiger partial charge in [0.15, 0.2) is 10.8 Å². The van der Waals surface area contributed by atoms with Gasteiger partial charge in [-0.1, -0.05) is 0 Å². The van der Waals surface area contributed by atoms with Gasteiger partial charge in [-0.05, 0) is 29.8 Å². The first-order chi connectivity index (χ1) is 12.1. The zero-order valence-corrected chi connectivity index (χ0v) is 13.9. The van der Waals surface area contributed by atoms with Crippen LogP contribution in [0.5, 0.6) is 0 Å². The van der Waals surface area contributed by atoms with Crippen LogP contribution in [0.25, 0.3) is 11.5 Å². The number of pyridine rings is 1. The normalized spacial score (nSPS) is 11.7. The van der Waals surface area contributed by atoms with Crippen LogP contribution >= 0.6 is 0 Å². The second-order valence-electron chi connectivity index (χ2n) is 4.95. The summed E-state index contributed by atoms with van der Waals surface area (Å²) in [5, 5.41) is 21.6. The van der Waals surface area contributed by atoms with Gasteiger partial charge in [0.25, 0.3) is 0 Å². The van der Waals surface area contributed by atoms with Crippen LogP contribution in [0.4, 0.5) is 11.8 Å². The summed E-state index contributed by atoms with van der Waals surface area (Å²) in [7, 11) is -1.50. The molecule has 0 saturated heterocycles. The van der Waals surface area contributed by atoms with Crippen molar-refractivity contribution >= 4 is 22.6 Å². The van der Waals surface area contributed by atoms with E-state index in [0.29, 0.717) is 17.1 Å². The SMILES string of the molecule is CS(=O)c1nc(Nc2cc(CO)ccn2)nc(-c2ccco2)c1C#N. The third kappa shape index (κ3) is 3.55. The summed E-state index contributed by atoms with van der Waals surface area (Å²) in [5.41, 5.74) is 1.00. The standard InChI is InChI=1S/C16H13N5O3S/c1-25(23)15-11(8-17)14(12-3-2-6-24-12)20-16(21-15)19-13-7-10(9-22)4-5-18-13/h2-7,22H,9H2,1H3,(H,18,19,20,21). The van der Waals surface area contributed by atoms with Gasteiger partial charge in [0.05, 0.1) is 23.7 Å². The van der Waals surface area contributed by atoms with E-state index in [-0.39, 0.29) is 28.8 Å². The molecule has 2 N–H and O–H groups in total. The second-order valence-corrected chi connectivity index (χ2v) is 6.25. The van der Waals surface area contributed by atoms with Crippen molar-refractivity contribution in [3.05, 3.63) is 47.9 Å². The molecular formula is C16H13N5O3S. The maximum absolute atomic E-state index is 12.0. The fourth-order valence-corrected chi connectivity index (χ4v) is 2.80. The largest absolute Gasteiger partial charge is 0.463 e. The van der Waals surface area contributed by atoms with Crippen LogP contribution in [-0.2, 0) is 17.4 Å². The first-order valence-corrected chi connectivity index (χ1v) is 8.70. The quantitative estimate of drug-likeness (QED) is 0.666. The van der Waals surface area contributed by atoms with E-state index in [0.717, 1.165) is 0 Å². The molecule has 1 atom stereocenters. The fourth-order valence-electron chi connectivity index (χ4n) is 2.15. The minimum Gasteiger partial charge on any atom is -0.463 e. The maximum Gasteiger partial charge on any atom is 0.230 e. The monoisotopic (exact) mass is 355 g/mol. The van der Waals surface area contributed by atoms with E-state index in [1.165, 1.54) is 18.7 Å². The lowest BCUT2D eigenvalue weighted by molar-refractivity contribution is 0.282. The van der Waals surface area contributed by atoms with Crippen LogP contribution in [0.1, 0.15) is 11.1 Å². The summed E-state index contributed by atoms with van der Waals surface area (Å²) in [5.74, 6) is 0.901. The number of furan rings is 1. The van der Waals surface area contributed by atoms with Crippen LogP contribution in [0, 0.1) is 11.3 Å². The highest BCUT2D eigenvalue weighted by molar-refractivity contribution is 7.84. The molecule has 126 valence electrons. The van der Waals surface area contributed by atoms with Gasteiger partial charge in [0.1, 0.15) is 23.1 Å². The average molecular weight is 355 g/mol. The molecule has 3 aromatic rings. The Morgan fingerprint density at radius 2 is 2.24 bits per heavy atom. The van der Waals surface area contributed by atoms with Gasteiger partial charge >= 0.3 is 0 Å². The topological polar surface area (TPSA) is 125 Å². The maximum atomic E-state index is 12.0. The zero-order valence-electron chi connectivity index (χ0n) is 13.1. The summed E-state index contributed by atoms with van der Waals surface area (Å²) in [6, 6.07) is 8.62. The number of nitrogens with zero attached hydrogens (tertiary/aromatic N) is 4. The van der Waals surface area contributed by atoms with Crippen molar-refractivity contribution in [2.75, 3.05) is 11.6 Å². The molecule has 9 heteroatoms. The van der Waals surface area contributed by atoms with Crippen LogP contribution in [0.3, 0.4) is 0 Å². The molecule has 0 fully saturated rings. The molecule has 0 saturated carbocycles. The fraction of sp³-hybridized carbons (Fsp3) is 0.125. The molecular weight excluding hydrogens is 342 g/mol. The zero-order chi connectivity index (χ0) is 17.8. The molecule has 25 heavy (non-hydrogen) atoms. The van der Waals surface area contributed by atoms with Crippen molar-refractivity contribution in [3.63, 3.8) is 0 Å². The Labute approximate surface area is 145 Å². The molecule has 0 radical (unpaired) electrons. The Kier molecular flexibility index (Phi) is 4.83. The Hall–Kier alpha value is -3.09. The van der Waals surface area contributed by atoms with Crippen molar-refractivity contribution < 1.29 is 13.7 Å². The van der Waals surface area contributed by atoms with Gasteiger partial charge in [0.2, 0.25) is 5.95 Å². The highest BCUT2D eigenvalue weighted by Gasteiger charge is 2.20.